The predicted molar refractivity (Wildman–Crippen MR) is 60.8 cm³/mol. The lowest BCUT2D eigenvalue weighted by molar-refractivity contribution is 0.217. The molecule has 1 aromatic rings. The van der Waals surface area contributed by atoms with Crippen molar-refractivity contribution in [1.82, 2.24) is 0 Å². The lowest BCUT2D eigenvalue weighted by Gasteiger charge is -2.12. The van der Waals surface area contributed by atoms with E-state index in [1.165, 1.54) is 0 Å². The first-order valence-electron chi connectivity index (χ1n) is 5.12. The van der Waals surface area contributed by atoms with Gasteiger partial charge in [0.15, 0.2) is 0 Å². The molecule has 0 spiro atoms. The van der Waals surface area contributed by atoms with Gasteiger partial charge in [-0.05, 0) is 31.5 Å². The van der Waals surface area contributed by atoms with Gasteiger partial charge in [-0.2, -0.15) is 0 Å². The molecule has 1 rings (SSSR count). The van der Waals surface area contributed by atoms with Crippen LogP contribution in [0.15, 0.2) is 24.3 Å². The third-order valence-corrected chi connectivity index (χ3v) is 2.06. The zero-order chi connectivity index (χ0) is 11.1. The van der Waals surface area contributed by atoms with Gasteiger partial charge >= 0.3 is 0 Å². The molecule has 1 aromatic carbocycles. The first-order valence-corrected chi connectivity index (χ1v) is 5.12. The summed E-state index contributed by atoms with van der Waals surface area (Å²) < 4.78 is 5.65. The van der Waals surface area contributed by atoms with Gasteiger partial charge in [0.2, 0.25) is 0 Å². The minimum absolute atomic E-state index is 0.115. The van der Waals surface area contributed by atoms with E-state index in [2.05, 4.69) is 18.8 Å². The third-order valence-electron chi connectivity index (χ3n) is 2.06. The van der Waals surface area contributed by atoms with Crippen molar-refractivity contribution in [3.8, 4) is 17.6 Å². The Labute approximate surface area is 90.9 Å². The molecule has 2 heteroatoms. The minimum atomic E-state index is -0.115. The van der Waals surface area contributed by atoms with E-state index in [0.29, 0.717) is 0 Å². The molecule has 1 unspecified atom stereocenters. The molecule has 1 atom stereocenters. The smallest absolute Gasteiger partial charge is 0.120 e. The topological polar surface area (TPSA) is 29.5 Å². The second-order valence-electron chi connectivity index (χ2n) is 3.32. The average molecular weight is 204 g/mol. The maximum absolute atomic E-state index is 8.58. The third kappa shape index (κ3) is 4.05. The molecular weight excluding hydrogens is 188 g/mol. The molecule has 0 aliphatic carbocycles. The molecule has 80 valence electrons. The highest BCUT2D eigenvalue weighted by molar-refractivity contribution is 5.39. The number of hydrogen-bond acceptors (Lipinski definition) is 2. The number of hydrogen-bond donors (Lipinski definition) is 1. The lowest BCUT2D eigenvalue weighted by atomic mass is 10.2. The number of rotatable bonds is 3. The highest BCUT2D eigenvalue weighted by atomic mass is 16.5. The van der Waals surface area contributed by atoms with Gasteiger partial charge in [-0.1, -0.05) is 24.8 Å². The zero-order valence-corrected chi connectivity index (χ0v) is 9.16. The van der Waals surface area contributed by atoms with E-state index >= 15 is 0 Å². The summed E-state index contributed by atoms with van der Waals surface area (Å²) in [5, 5.41) is 8.58. The molecule has 15 heavy (non-hydrogen) atoms. The van der Waals surface area contributed by atoms with Crippen LogP contribution in [0.4, 0.5) is 0 Å². The van der Waals surface area contributed by atoms with E-state index in [1.807, 2.05) is 31.2 Å². The quantitative estimate of drug-likeness (QED) is 0.765. The monoisotopic (exact) mass is 204 g/mol. The number of aliphatic hydroxyl groups excluding tert-OH is 1. The van der Waals surface area contributed by atoms with Crippen LogP contribution in [0, 0.1) is 11.8 Å². The van der Waals surface area contributed by atoms with Crippen molar-refractivity contribution in [3.63, 3.8) is 0 Å². The highest BCUT2D eigenvalue weighted by Gasteiger charge is 2.00. The van der Waals surface area contributed by atoms with Crippen molar-refractivity contribution in [1.29, 1.82) is 0 Å². The Balaban J connectivity index is 2.74. The normalized spacial score (nSPS) is 11.4. The van der Waals surface area contributed by atoms with Crippen molar-refractivity contribution in [2.24, 2.45) is 0 Å². The molecule has 0 aromatic heterocycles. The molecule has 0 saturated carbocycles. The second kappa shape index (κ2) is 6.10. The van der Waals surface area contributed by atoms with Gasteiger partial charge in [0, 0.05) is 5.56 Å². The van der Waals surface area contributed by atoms with Crippen LogP contribution in [0.5, 0.6) is 5.75 Å². The molecule has 0 aliphatic heterocycles. The van der Waals surface area contributed by atoms with Crippen LogP contribution in [-0.4, -0.2) is 17.8 Å². The fourth-order valence-corrected chi connectivity index (χ4v) is 1.10. The summed E-state index contributed by atoms with van der Waals surface area (Å²) in [5.41, 5.74) is 0.866. The van der Waals surface area contributed by atoms with Gasteiger partial charge in [-0.3, -0.25) is 0 Å². The highest BCUT2D eigenvalue weighted by Crippen LogP contribution is 2.15. The van der Waals surface area contributed by atoms with Crippen molar-refractivity contribution in [2.45, 2.75) is 26.4 Å². The van der Waals surface area contributed by atoms with Crippen LogP contribution in [0.25, 0.3) is 0 Å². The fraction of sp³-hybridized carbons (Fsp3) is 0.385. The first-order chi connectivity index (χ1) is 7.26. The molecule has 1 N–H and O–H groups in total. The van der Waals surface area contributed by atoms with Crippen molar-refractivity contribution < 1.29 is 9.84 Å². The standard InChI is InChI=1S/C13H16O2/c1-3-11(2)15-13-8-4-6-12(10-13)7-5-9-14/h4,6,8,10-11,14H,3,9H2,1-2H3. The molecule has 0 heterocycles. The zero-order valence-electron chi connectivity index (χ0n) is 9.16. The lowest BCUT2D eigenvalue weighted by Crippen LogP contribution is -2.09. The van der Waals surface area contributed by atoms with Gasteiger partial charge in [-0.25, -0.2) is 0 Å². The van der Waals surface area contributed by atoms with E-state index in [-0.39, 0.29) is 12.7 Å². The van der Waals surface area contributed by atoms with Gasteiger partial charge in [0.25, 0.3) is 0 Å². The SMILES string of the molecule is CCC(C)Oc1cccc(C#CCO)c1. The average Bonchev–Trinajstić information content (AvgIpc) is 2.26. The van der Waals surface area contributed by atoms with Crippen molar-refractivity contribution in [3.05, 3.63) is 29.8 Å². The van der Waals surface area contributed by atoms with Crippen LogP contribution in [-0.2, 0) is 0 Å². The summed E-state index contributed by atoms with van der Waals surface area (Å²) in [6.07, 6.45) is 1.19. The van der Waals surface area contributed by atoms with Crippen LogP contribution >= 0.6 is 0 Å². The van der Waals surface area contributed by atoms with E-state index in [4.69, 9.17) is 9.84 Å². The summed E-state index contributed by atoms with van der Waals surface area (Å²) >= 11 is 0. The molecule has 2 nitrogen and oxygen atoms in total. The molecular formula is C13H16O2. The van der Waals surface area contributed by atoms with E-state index in [1.54, 1.807) is 0 Å². The van der Waals surface area contributed by atoms with Gasteiger partial charge in [0.05, 0.1) is 6.10 Å². The molecule has 0 radical (unpaired) electrons. The van der Waals surface area contributed by atoms with E-state index in [9.17, 15) is 0 Å². The Morgan fingerprint density at radius 3 is 2.93 bits per heavy atom. The van der Waals surface area contributed by atoms with Crippen LogP contribution in [0.1, 0.15) is 25.8 Å². The Morgan fingerprint density at radius 1 is 1.47 bits per heavy atom. The Morgan fingerprint density at radius 2 is 2.27 bits per heavy atom. The molecule has 0 aliphatic rings. The van der Waals surface area contributed by atoms with Crippen LogP contribution in [0.2, 0.25) is 0 Å². The largest absolute Gasteiger partial charge is 0.491 e. The number of aliphatic hydroxyl groups is 1. The Kier molecular flexibility index (Phi) is 4.73. The molecule has 0 saturated heterocycles. The number of benzene rings is 1. The number of ether oxygens (including phenoxy) is 1. The molecule has 0 fully saturated rings. The molecule has 0 amide bonds. The van der Waals surface area contributed by atoms with Crippen molar-refractivity contribution in [2.75, 3.05) is 6.61 Å². The minimum Gasteiger partial charge on any atom is -0.491 e. The first kappa shape index (κ1) is 11.6. The Bertz CT molecular complexity index is 360. The second-order valence-corrected chi connectivity index (χ2v) is 3.32. The van der Waals surface area contributed by atoms with Gasteiger partial charge in [-0.15, -0.1) is 0 Å². The summed E-state index contributed by atoms with van der Waals surface area (Å²) in [7, 11) is 0. The maximum atomic E-state index is 8.58. The van der Waals surface area contributed by atoms with Gasteiger partial charge < -0.3 is 9.84 Å². The van der Waals surface area contributed by atoms with Gasteiger partial charge in [0.1, 0.15) is 12.4 Å². The van der Waals surface area contributed by atoms with E-state index in [0.717, 1.165) is 17.7 Å². The van der Waals surface area contributed by atoms with Crippen LogP contribution in [0.3, 0.4) is 0 Å². The van der Waals surface area contributed by atoms with E-state index < -0.39 is 0 Å². The van der Waals surface area contributed by atoms with Crippen molar-refractivity contribution >= 4 is 0 Å². The summed E-state index contributed by atoms with van der Waals surface area (Å²) in [6.45, 7) is 4.00. The molecule has 0 bridgehead atoms. The maximum Gasteiger partial charge on any atom is 0.120 e. The van der Waals surface area contributed by atoms with Crippen LogP contribution < -0.4 is 4.74 Å². The summed E-state index contributed by atoms with van der Waals surface area (Å²) in [5.74, 6) is 6.28. The predicted octanol–water partition coefficient (Wildman–Crippen LogP) is 2.21. The Hall–Kier alpha value is -1.46. The summed E-state index contributed by atoms with van der Waals surface area (Å²) in [6, 6.07) is 7.59. The fourth-order valence-electron chi connectivity index (χ4n) is 1.10. The summed E-state index contributed by atoms with van der Waals surface area (Å²) in [4.78, 5) is 0.